The fourth-order valence-electron chi connectivity index (χ4n) is 2.73. The van der Waals surface area contributed by atoms with Crippen LogP contribution in [0.3, 0.4) is 0 Å². The first-order valence-corrected chi connectivity index (χ1v) is 8.33. The maximum atomic E-state index is 11.8. The smallest absolute Gasteiger partial charge is 0.317 e. The second kappa shape index (κ2) is 9.50. The molecule has 1 aliphatic rings. The van der Waals surface area contributed by atoms with Crippen LogP contribution >= 0.6 is 0 Å². The third-order valence-corrected chi connectivity index (χ3v) is 4.01. The number of carbonyl (C=O) groups is 3. The molecule has 1 aliphatic carbocycles. The van der Waals surface area contributed by atoms with Crippen LogP contribution < -0.4 is 10.6 Å². The van der Waals surface area contributed by atoms with Gasteiger partial charge < -0.3 is 15.7 Å². The Morgan fingerprint density at radius 3 is 2.39 bits per heavy atom. The summed E-state index contributed by atoms with van der Waals surface area (Å²) in [5.74, 6) is -0.608. The number of hydrogen-bond donors (Lipinski definition) is 3. The molecule has 0 bridgehead atoms. The lowest BCUT2D eigenvalue weighted by Gasteiger charge is -2.42. The van der Waals surface area contributed by atoms with Crippen molar-refractivity contribution in [2.75, 3.05) is 19.6 Å². The van der Waals surface area contributed by atoms with Gasteiger partial charge in [-0.15, -0.1) is 0 Å². The molecule has 0 aliphatic heterocycles. The number of aliphatic carboxylic acids is 1. The maximum Gasteiger partial charge on any atom is 0.317 e. The van der Waals surface area contributed by atoms with Crippen molar-refractivity contribution in [2.24, 2.45) is 5.92 Å². The number of amides is 2. The highest BCUT2D eigenvalue weighted by Crippen LogP contribution is 2.25. The Labute approximate surface area is 137 Å². The van der Waals surface area contributed by atoms with Crippen LogP contribution in [0.15, 0.2) is 0 Å². The summed E-state index contributed by atoms with van der Waals surface area (Å²) in [6.45, 7) is 6.98. The van der Waals surface area contributed by atoms with E-state index < -0.39 is 5.97 Å². The fourth-order valence-corrected chi connectivity index (χ4v) is 2.73. The van der Waals surface area contributed by atoms with Crippen LogP contribution in [0.2, 0.25) is 0 Å². The van der Waals surface area contributed by atoms with Gasteiger partial charge in [-0.1, -0.05) is 20.8 Å². The van der Waals surface area contributed by atoms with Crippen LogP contribution in [0, 0.1) is 5.92 Å². The van der Waals surface area contributed by atoms with Crippen LogP contribution in [0.4, 0.5) is 0 Å². The normalized spacial score (nSPS) is 20.2. The van der Waals surface area contributed by atoms with Crippen molar-refractivity contribution >= 4 is 17.8 Å². The highest BCUT2D eigenvalue weighted by atomic mass is 16.4. The fraction of sp³-hybridized carbons (Fsp3) is 0.812. The maximum absolute atomic E-state index is 11.8. The second-order valence-electron chi connectivity index (χ2n) is 6.54. The van der Waals surface area contributed by atoms with Gasteiger partial charge >= 0.3 is 5.97 Å². The second-order valence-corrected chi connectivity index (χ2v) is 6.54. The van der Waals surface area contributed by atoms with Gasteiger partial charge in [0.05, 0.1) is 6.54 Å². The summed E-state index contributed by atoms with van der Waals surface area (Å²) in [6, 6.07) is 0.342. The van der Waals surface area contributed by atoms with Crippen molar-refractivity contribution in [1.29, 1.82) is 0 Å². The molecule has 1 saturated carbocycles. The van der Waals surface area contributed by atoms with Gasteiger partial charge in [-0.3, -0.25) is 19.3 Å². The predicted molar refractivity (Wildman–Crippen MR) is 86.9 cm³/mol. The molecule has 1 rings (SSSR count). The summed E-state index contributed by atoms with van der Waals surface area (Å²) in [6.07, 6.45) is 2.32. The van der Waals surface area contributed by atoms with Crippen LogP contribution in [0.25, 0.3) is 0 Å². The molecule has 0 spiro atoms. The first kappa shape index (κ1) is 19.4. The summed E-state index contributed by atoms with van der Waals surface area (Å²) in [4.78, 5) is 36.0. The molecule has 0 atom stereocenters. The molecule has 1 fully saturated rings. The van der Waals surface area contributed by atoms with Gasteiger partial charge in [-0.25, -0.2) is 0 Å². The van der Waals surface area contributed by atoms with Crippen LogP contribution in [0.5, 0.6) is 0 Å². The molecule has 23 heavy (non-hydrogen) atoms. The zero-order valence-corrected chi connectivity index (χ0v) is 14.3. The van der Waals surface area contributed by atoms with Gasteiger partial charge in [0.25, 0.3) is 0 Å². The molecule has 0 saturated heterocycles. The number of rotatable bonds is 10. The summed E-state index contributed by atoms with van der Waals surface area (Å²) >= 11 is 0. The Hall–Kier alpha value is -1.63. The highest BCUT2D eigenvalue weighted by molar-refractivity contribution is 5.79. The van der Waals surface area contributed by atoms with E-state index in [9.17, 15) is 14.4 Å². The Bertz CT molecular complexity index is 420. The number of carbonyl (C=O) groups excluding carboxylic acids is 2. The lowest BCUT2D eigenvalue weighted by atomic mass is 9.85. The van der Waals surface area contributed by atoms with E-state index in [1.807, 2.05) is 25.7 Å². The summed E-state index contributed by atoms with van der Waals surface area (Å²) in [5.41, 5.74) is 0. The predicted octanol–water partition coefficient (Wildman–Crippen LogP) is 0.593. The van der Waals surface area contributed by atoms with Gasteiger partial charge in [-0.05, 0) is 25.3 Å². The third-order valence-electron chi connectivity index (χ3n) is 4.01. The minimum Gasteiger partial charge on any atom is -0.480 e. The van der Waals surface area contributed by atoms with E-state index in [4.69, 9.17) is 5.11 Å². The van der Waals surface area contributed by atoms with Crippen molar-refractivity contribution in [3.63, 3.8) is 0 Å². The van der Waals surface area contributed by atoms with Crippen molar-refractivity contribution in [1.82, 2.24) is 15.5 Å². The van der Waals surface area contributed by atoms with E-state index >= 15 is 0 Å². The molecule has 2 amide bonds. The Kier molecular flexibility index (Phi) is 8.02. The minimum atomic E-state index is -0.823. The molecule has 7 nitrogen and oxygen atoms in total. The van der Waals surface area contributed by atoms with Gasteiger partial charge in [-0.2, -0.15) is 0 Å². The SMILES string of the molecule is CCN(CC(=O)O)C1CC(NC(=O)CCNC(=O)CC(C)C)C1. The molecule has 0 radical (unpaired) electrons. The monoisotopic (exact) mass is 327 g/mol. The topological polar surface area (TPSA) is 98.7 Å². The van der Waals surface area contributed by atoms with E-state index in [1.54, 1.807) is 0 Å². The van der Waals surface area contributed by atoms with E-state index in [1.165, 1.54) is 0 Å². The largest absolute Gasteiger partial charge is 0.480 e. The summed E-state index contributed by atoms with van der Waals surface area (Å²) < 4.78 is 0. The molecule has 0 heterocycles. The summed E-state index contributed by atoms with van der Waals surface area (Å²) in [5, 5.41) is 14.5. The molecule has 3 N–H and O–H groups in total. The number of hydrogen-bond acceptors (Lipinski definition) is 4. The number of likely N-dealkylation sites (N-methyl/N-ethyl adjacent to an activating group) is 1. The van der Waals surface area contributed by atoms with Crippen molar-refractivity contribution in [2.45, 2.75) is 58.5 Å². The van der Waals surface area contributed by atoms with E-state index in [-0.39, 0.29) is 36.9 Å². The molecule has 7 heteroatoms. The number of nitrogens with zero attached hydrogens (tertiary/aromatic N) is 1. The van der Waals surface area contributed by atoms with E-state index in [2.05, 4.69) is 10.6 Å². The van der Waals surface area contributed by atoms with Crippen molar-refractivity contribution < 1.29 is 19.5 Å². The number of carboxylic acids is 1. The lowest BCUT2D eigenvalue weighted by Crippen LogP contribution is -2.55. The molecule has 0 aromatic carbocycles. The standard InChI is InChI=1S/C16H29N3O4/c1-4-19(10-16(22)23)13-8-12(9-13)18-14(20)5-6-17-15(21)7-11(2)3/h11-13H,4-10H2,1-3H3,(H,17,21)(H,18,20)(H,22,23). The first-order chi connectivity index (χ1) is 10.8. The summed E-state index contributed by atoms with van der Waals surface area (Å²) in [7, 11) is 0. The van der Waals surface area contributed by atoms with Gasteiger partial charge in [0, 0.05) is 31.5 Å². The molecular weight excluding hydrogens is 298 g/mol. The Balaban J connectivity index is 2.15. The molecule has 0 aromatic rings. The Morgan fingerprint density at radius 2 is 1.87 bits per heavy atom. The highest BCUT2D eigenvalue weighted by Gasteiger charge is 2.34. The van der Waals surface area contributed by atoms with Crippen LogP contribution in [-0.2, 0) is 14.4 Å². The molecule has 0 aromatic heterocycles. The lowest BCUT2D eigenvalue weighted by molar-refractivity contribution is -0.140. The number of nitrogens with one attached hydrogen (secondary N) is 2. The molecule has 132 valence electrons. The quantitative estimate of drug-likeness (QED) is 0.545. The van der Waals surface area contributed by atoms with Crippen LogP contribution in [-0.4, -0.2) is 59.5 Å². The average molecular weight is 327 g/mol. The third kappa shape index (κ3) is 7.45. The average Bonchev–Trinajstić information content (AvgIpc) is 2.39. The van der Waals surface area contributed by atoms with Crippen LogP contribution in [0.1, 0.15) is 46.5 Å². The van der Waals surface area contributed by atoms with Gasteiger partial charge in [0.2, 0.25) is 11.8 Å². The number of carboxylic acid groups (broad SMARTS) is 1. The zero-order valence-electron chi connectivity index (χ0n) is 14.3. The first-order valence-electron chi connectivity index (χ1n) is 8.33. The minimum absolute atomic E-state index is 0.0243. The molecular formula is C16H29N3O4. The van der Waals surface area contributed by atoms with Gasteiger partial charge in [0.1, 0.15) is 0 Å². The van der Waals surface area contributed by atoms with Gasteiger partial charge in [0.15, 0.2) is 0 Å². The van der Waals surface area contributed by atoms with Crippen molar-refractivity contribution in [3.05, 3.63) is 0 Å². The van der Waals surface area contributed by atoms with Crippen molar-refractivity contribution in [3.8, 4) is 0 Å². The van der Waals surface area contributed by atoms with E-state index in [0.717, 1.165) is 12.8 Å². The van der Waals surface area contributed by atoms with E-state index in [0.29, 0.717) is 25.4 Å². The Morgan fingerprint density at radius 1 is 1.22 bits per heavy atom. The zero-order chi connectivity index (χ0) is 17.4. The molecule has 0 unspecified atom stereocenters.